The first kappa shape index (κ1) is 14.4. The Morgan fingerprint density at radius 3 is 2.83 bits per heavy atom. The van der Waals surface area contributed by atoms with E-state index in [9.17, 15) is 4.79 Å². The van der Waals surface area contributed by atoms with Crippen LogP contribution in [0.4, 0.5) is 5.82 Å². The van der Waals surface area contributed by atoms with Gasteiger partial charge in [0.2, 0.25) is 0 Å². The fraction of sp³-hybridized carbons (Fsp3) is 0.538. The van der Waals surface area contributed by atoms with E-state index in [0.29, 0.717) is 24.5 Å². The molecule has 0 unspecified atom stereocenters. The molecule has 0 aliphatic rings. The van der Waals surface area contributed by atoms with Crippen molar-refractivity contribution in [2.24, 2.45) is 0 Å². The minimum absolute atomic E-state index is 0.153. The van der Waals surface area contributed by atoms with E-state index in [1.54, 1.807) is 25.4 Å². The highest BCUT2D eigenvalue weighted by Crippen LogP contribution is 2.11. The Labute approximate surface area is 108 Å². The Balaban J connectivity index is 2.66. The van der Waals surface area contributed by atoms with Crippen LogP contribution >= 0.6 is 0 Å². The maximum Gasteiger partial charge on any atom is 0.255 e. The third-order valence-electron chi connectivity index (χ3n) is 2.50. The highest BCUT2D eigenvalue weighted by molar-refractivity contribution is 5.98. The van der Waals surface area contributed by atoms with Gasteiger partial charge in [-0.05, 0) is 32.9 Å². The molecule has 1 heterocycles. The van der Waals surface area contributed by atoms with Crippen LogP contribution in [0, 0.1) is 0 Å². The summed E-state index contributed by atoms with van der Waals surface area (Å²) in [6.45, 7) is 6.90. The van der Waals surface area contributed by atoms with Gasteiger partial charge in [-0.3, -0.25) is 4.79 Å². The van der Waals surface area contributed by atoms with Crippen molar-refractivity contribution in [2.75, 3.05) is 25.5 Å². The van der Waals surface area contributed by atoms with Crippen LogP contribution in [0.1, 0.15) is 31.1 Å². The van der Waals surface area contributed by atoms with Gasteiger partial charge < -0.3 is 15.4 Å². The number of nitrogens with zero attached hydrogens (tertiary/aromatic N) is 1. The largest absolute Gasteiger partial charge is 0.374 e. The molecule has 0 bridgehead atoms. The first-order valence-corrected chi connectivity index (χ1v) is 6.05. The lowest BCUT2D eigenvalue weighted by Gasteiger charge is -2.25. The van der Waals surface area contributed by atoms with E-state index in [4.69, 9.17) is 4.74 Å². The molecule has 5 heteroatoms. The summed E-state index contributed by atoms with van der Waals surface area (Å²) in [4.78, 5) is 16.1. The van der Waals surface area contributed by atoms with Crippen LogP contribution in [0.15, 0.2) is 18.3 Å². The summed E-state index contributed by atoms with van der Waals surface area (Å²) in [6.07, 6.45) is 1.65. The fourth-order valence-corrected chi connectivity index (χ4v) is 1.62. The first-order valence-electron chi connectivity index (χ1n) is 6.05. The van der Waals surface area contributed by atoms with E-state index in [1.165, 1.54) is 0 Å². The van der Waals surface area contributed by atoms with Crippen molar-refractivity contribution in [3.8, 4) is 0 Å². The fourth-order valence-electron chi connectivity index (χ4n) is 1.62. The number of pyridine rings is 1. The second-order valence-corrected chi connectivity index (χ2v) is 4.52. The predicted octanol–water partition coefficient (Wildman–Crippen LogP) is 1.67. The SMILES string of the molecule is CCOC(C)(C)CNC(=O)c1cccnc1NC. The molecule has 18 heavy (non-hydrogen) atoms. The van der Waals surface area contributed by atoms with E-state index in [1.807, 2.05) is 20.8 Å². The van der Waals surface area contributed by atoms with Crippen LogP contribution in [-0.2, 0) is 4.74 Å². The van der Waals surface area contributed by atoms with Gasteiger partial charge in [0.1, 0.15) is 5.82 Å². The number of nitrogens with one attached hydrogen (secondary N) is 2. The molecule has 0 aliphatic carbocycles. The second-order valence-electron chi connectivity index (χ2n) is 4.52. The number of carbonyl (C=O) groups is 1. The lowest BCUT2D eigenvalue weighted by atomic mass is 10.1. The molecular formula is C13H21N3O2. The summed E-state index contributed by atoms with van der Waals surface area (Å²) in [5.74, 6) is 0.421. The smallest absolute Gasteiger partial charge is 0.255 e. The average Bonchev–Trinajstić information content (AvgIpc) is 2.36. The summed E-state index contributed by atoms with van der Waals surface area (Å²) in [5, 5.41) is 5.75. The molecule has 0 saturated carbocycles. The first-order chi connectivity index (χ1) is 8.50. The Morgan fingerprint density at radius 2 is 2.22 bits per heavy atom. The molecule has 0 saturated heterocycles. The summed E-state index contributed by atoms with van der Waals surface area (Å²) in [7, 11) is 1.74. The molecule has 0 aromatic carbocycles. The number of hydrogen-bond acceptors (Lipinski definition) is 4. The molecule has 1 amide bonds. The van der Waals surface area contributed by atoms with Gasteiger partial charge in [-0.25, -0.2) is 4.98 Å². The number of ether oxygens (including phenoxy) is 1. The number of carbonyl (C=O) groups excluding carboxylic acids is 1. The van der Waals surface area contributed by atoms with Crippen molar-refractivity contribution >= 4 is 11.7 Å². The molecule has 2 N–H and O–H groups in total. The standard InChI is InChI=1S/C13H21N3O2/c1-5-18-13(2,3)9-16-12(17)10-7-6-8-15-11(10)14-4/h6-8H,5,9H2,1-4H3,(H,14,15)(H,16,17). The van der Waals surface area contributed by atoms with Crippen LogP contribution < -0.4 is 10.6 Å². The van der Waals surface area contributed by atoms with E-state index in [-0.39, 0.29) is 11.5 Å². The molecule has 0 radical (unpaired) electrons. The van der Waals surface area contributed by atoms with Gasteiger partial charge in [0, 0.05) is 26.4 Å². The highest BCUT2D eigenvalue weighted by Gasteiger charge is 2.20. The third kappa shape index (κ3) is 4.00. The topological polar surface area (TPSA) is 63.2 Å². The van der Waals surface area contributed by atoms with Crippen molar-refractivity contribution in [3.63, 3.8) is 0 Å². The van der Waals surface area contributed by atoms with Crippen molar-refractivity contribution in [3.05, 3.63) is 23.9 Å². The monoisotopic (exact) mass is 251 g/mol. The van der Waals surface area contributed by atoms with Crippen LogP contribution in [0.3, 0.4) is 0 Å². The van der Waals surface area contributed by atoms with E-state index in [2.05, 4.69) is 15.6 Å². The van der Waals surface area contributed by atoms with Gasteiger partial charge in [0.15, 0.2) is 0 Å². The zero-order chi connectivity index (χ0) is 13.6. The van der Waals surface area contributed by atoms with Crippen LogP contribution in [0.5, 0.6) is 0 Å². The number of anilines is 1. The van der Waals surface area contributed by atoms with Gasteiger partial charge in [-0.2, -0.15) is 0 Å². The highest BCUT2D eigenvalue weighted by atomic mass is 16.5. The number of rotatable bonds is 6. The summed E-state index contributed by atoms with van der Waals surface area (Å²) in [5.41, 5.74) is 0.166. The van der Waals surface area contributed by atoms with Crippen LogP contribution in [-0.4, -0.2) is 36.7 Å². The normalized spacial score (nSPS) is 11.1. The van der Waals surface area contributed by atoms with Crippen molar-refractivity contribution in [1.29, 1.82) is 0 Å². The van der Waals surface area contributed by atoms with Gasteiger partial charge in [0.25, 0.3) is 5.91 Å². The van der Waals surface area contributed by atoms with Gasteiger partial charge in [-0.15, -0.1) is 0 Å². The van der Waals surface area contributed by atoms with Gasteiger partial charge in [0.05, 0.1) is 11.2 Å². The van der Waals surface area contributed by atoms with Crippen molar-refractivity contribution < 1.29 is 9.53 Å². The lowest BCUT2D eigenvalue weighted by Crippen LogP contribution is -2.40. The Hall–Kier alpha value is -1.62. The molecule has 5 nitrogen and oxygen atoms in total. The maximum absolute atomic E-state index is 12.0. The minimum atomic E-state index is -0.369. The molecule has 0 aliphatic heterocycles. The van der Waals surface area contributed by atoms with Crippen molar-refractivity contribution in [2.45, 2.75) is 26.4 Å². The number of amides is 1. The maximum atomic E-state index is 12.0. The van der Waals surface area contributed by atoms with Crippen molar-refractivity contribution in [1.82, 2.24) is 10.3 Å². The molecule has 1 aromatic heterocycles. The molecule has 1 aromatic rings. The van der Waals surface area contributed by atoms with Gasteiger partial charge >= 0.3 is 0 Å². The second kappa shape index (κ2) is 6.35. The lowest BCUT2D eigenvalue weighted by molar-refractivity contribution is -0.00815. The van der Waals surface area contributed by atoms with E-state index in [0.717, 1.165) is 0 Å². The Bertz CT molecular complexity index is 405. The molecule has 1 rings (SSSR count). The number of aromatic nitrogens is 1. The molecule has 100 valence electrons. The molecule has 0 atom stereocenters. The zero-order valence-corrected chi connectivity index (χ0v) is 11.4. The predicted molar refractivity (Wildman–Crippen MR) is 71.8 cm³/mol. The zero-order valence-electron chi connectivity index (χ0n) is 11.4. The van der Waals surface area contributed by atoms with E-state index < -0.39 is 0 Å². The summed E-state index contributed by atoms with van der Waals surface area (Å²) in [6, 6.07) is 3.48. The number of hydrogen-bond donors (Lipinski definition) is 2. The minimum Gasteiger partial charge on any atom is -0.374 e. The summed E-state index contributed by atoms with van der Waals surface area (Å²) >= 11 is 0. The molecular weight excluding hydrogens is 230 g/mol. The average molecular weight is 251 g/mol. The van der Waals surface area contributed by atoms with E-state index >= 15 is 0 Å². The Kier molecular flexibility index (Phi) is 5.09. The molecule has 0 spiro atoms. The van der Waals surface area contributed by atoms with Crippen LogP contribution in [0.25, 0.3) is 0 Å². The Morgan fingerprint density at radius 1 is 1.50 bits per heavy atom. The summed E-state index contributed by atoms with van der Waals surface area (Å²) < 4.78 is 5.53. The third-order valence-corrected chi connectivity index (χ3v) is 2.50. The van der Waals surface area contributed by atoms with Crippen LogP contribution in [0.2, 0.25) is 0 Å². The quantitative estimate of drug-likeness (QED) is 0.807. The van der Waals surface area contributed by atoms with Gasteiger partial charge in [-0.1, -0.05) is 0 Å². The molecule has 0 fully saturated rings.